The molecule has 114 valence electrons. The molecule has 2 aliphatic heterocycles. The number of hydrogen-bond acceptors (Lipinski definition) is 5. The highest BCUT2D eigenvalue weighted by Gasteiger charge is 2.29. The molecular formula is C15H20N2O4. The lowest BCUT2D eigenvalue weighted by Gasteiger charge is -2.30. The minimum Gasteiger partial charge on any atom is -0.508 e. The number of amides is 1. The Labute approximate surface area is 123 Å². The van der Waals surface area contributed by atoms with Gasteiger partial charge in [-0.15, -0.1) is 0 Å². The first-order valence-corrected chi connectivity index (χ1v) is 7.23. The number of fused-ring (bicyclic) bond motifs is 1. The summed E-state index contributed by atoms with van der Waals surface area (Å²) in [4.78, 5) is 14.2. The van der Waals surface area contributed by atoms with Crippen molar-refractivity contribution in [2.45, 2.75) is 19.0 Å². The van der Waals surface area contributed by atoms with Crippen molar-refractivity contribution in [3.05, 3.63) is 23.8 Å². The van der Waals surface area contributed by atoms with E-state index in [-0.39, 0.29) is 23.7 Å². The molecule has 1 amide bonds. The van der Waals surface area contributed by atoms with E-state index in [9.17, 15) is 9.90 Å². The van der Waals surface area contributed by atoms with Crippen LogP contribution in [0.2, 0.25) is 0 Å². The van der Waals surface area contributed by atoms with Crippen LogP contribution >= 0.6 is 0 Å². The van der Waals surface area contributed by atoms with Gasteiger partial charge >= 0.3 is 0 Å². The number of morpholine rings is 1. The minimum absolute atomic E-state index is 0.0272. The van der Waals surface area contributed by atoms with Crippen LogP contribution in [0.25, 0.3) is 0 Å². The van der Waals surface area contributed by atoms with E-state index in [1.807, 2.05) is 17.9 Å². The minimum atomic E-state index is -0.281. The Morgan fingerprint density at radius 1 is 1.43 bits per heavy atom. The van der Waals surface area contributed by atoms with Crippen molar-refractivity contribution < 1.29 is 19.4 Å². The van der Waals surface area contributed by atoms with E-state index in [1.165, 1.54) is 0 Å². The van der Waals surface area contributed by atoms with E-state index >= 15 is 0 Å². The summed E-state index contributed by atoms with van der Waals surface area (Å²) in [7, 11) is 0. The van der Waals surface area contributed by atoms with Crippen molar-refractivity contribution in [1.29, 1.82) is 0 Å². The first kappa shape index (κ1) is 14.2. The van der Waals surface area contributed by atoms with Crippen LogP contribution in [-0.2, 0) is 9.53 Å². The first-order valence-electron chi connectivity index (χ1n) is 7.23. The maximum atomic E-state index is 12.4. The summed E-state index contributed by atoms with van der Waals surface area (Å²) in [5, 5.41) is 12.8. The molecule has 0 radical (unpaired) electrons. The summed E-state index contributed by atoms with van der Waals surface area (Å²) < 4.78 is 10.8. The number of aromatic hydroxyl groups is 1. The summed E-state index contributed by atoms with van der Waals surface area (Å²) in [6.07, 6.45) is 0. The van der Waals surface area contributed by atoms with E-state index in [1.54, 1.807) is 12.1 Å². The lowest BCUT2D eigenvalue weighted by Crippen LogP contribution is -2.50. The van der Waals surface area contributed by atoms with Crippen molar-refractivity contribution in [2.24, 2.45) is 0 Å². The van der Waals surface area contributed by atoms with Crippen LogP contribution in [0.15, 0.2) is 18.2 Å². The van der Waals surface area contributed by atoms with Crippen LogP contribution in [0.5, 0.6) is 11.5 Å². The van der Waals surface area contributed by atoms with Crippen molar-refractivity contribution in [3.8, 4) is 11.5 Å². The number of nitrogens with zero attached hydrogens (tertiary/aromatic N) is 1. The molecule has 1 fully saturated rings. The van der Waals surface area contributed by atoms with Crippen molar-refractivity contribution in [1.82, 2.24) is 10.2 Å². The Balaban J connectivity index is 1.63. The predicted octanol–water partition coefficient (Wildman–Crippen LogP) is 0.663. The largest absolute Gasteiger partial charge is 0.508 e. The zero-order valence-corrected chi connectivity index (χ0v) is 12.0. The molecule has 0 aromatic heterocycles. The topological polar surface area (TPSA) is 71.0 Å². The summed E-state index contributed by atoms with van der Waals surface area (Å²) in [5.41, 5.74) is 0.981. The smallest absolute Gasteiger partial charge is 0.239 e. The Hall–Kier alpha value is -1.79. The van der Waals surface area contributed by atoms with Gasteiger partial charge in [0.1, 0.15) is 18.1 Å². The number of carbonyl (C=O) groups excluding carboxylic acids is 1. The third-order valence-electron chi connectivity index (χ3n) is 3.92. The Morgan fingerprint density at radius 2 is 2.19 bits per heavy atom. The van der Waals surface area contributed by atoms with Crippen molar-refractivity contribution >= 4 is 5.91 Å². The lowest BCUT2D eigenvalue weighted by molar-refractivity contribution is -0.137. The van der Waals surface area contributed by atoms with Crippen LogP contribution in [-0.4, -0.2) is 54.9 Å². The Morgan fingerprint density at radius 3 is 2.95 bits per heavy atom. The summed E-state index contributed by atoms with van der Waals surface area (Å²) in [6.45, 7) is 4.85. The van der Waals surface area contributed by atoms with Crippen molar-refractivity contribution in [3.63, 3.8) is 0 Å². The van der Waals surface area contributed by atoms with E-state index in [0.29, 0.717) is 38.7 Å². The van der Waals surface area contributed by atoms with Gasteiger partial charge in [0, 0.05) is 24.7 Å². The van der Waals surface area contributed by atoms with Gasteiger partial charge in [-0.3, -0.25) is 10.1 Å². The Bertz CT molecular complexity index is 528. The molecule has 2 atom stereocenters. The molecule has 2 unspecified atom stereocenters. The standard InChI is InChI=1S/C15H20N2O4/c1-10(15(19)17-4-6-20-7-5-17)16-13-9-21-14-8-11(18)2-3-12(13)14/h2-3,8,10,13,16,18H,4-7,9H2,1H3. The second-order valence-electron chi connectivity index (χ2n) is 5.41. The highest BCUT2D eigenvalue weighted by atomic mass is 16.5. The fourth-order valence-corrected chi connectivity index (χ4v) is 2.77. The molecule has 6 heteroatoms. The second-order valence-corrected chi connectivity index (χ2v) is 5.41. The molecule has 0 saturated carbocycles. The lowest BCUT2D eigenvalue weighted by atomic mass is 10.1. The van der Waals surface area contributed by atoms with Gasteiger partial charge in [-0.25, -0.2) is 0 Å². The zero-order chi connectivity index (χ0) is 14.8. The maximum Gasteiger partial charge on any atom is 0.239 e. The number of ether oxygens (including phenoxy) is 2. The molecule has 3 rings (SSSR count). The van der Waals surface area contributed by atoms with Gasteiger partial charge in [-0.2, -0.15) is 0 Å². The zero-order valence-electron chi connectivity index (χ0n) is 12.0. The number of carbonyl (C=O) groups is 1. The van der Waals surface area contributed by atoms with E-state index in [4.69, 9.17) is 9.47 Å². The monoisotopic (exact) mass is 292 g/mol. The van der Waals surface area contributed by atoms with E-state index < -0.39 is 0 Å². The SMILES string of the molecule is CC(NC1COc2cc(O)ccc21)C(=O)N1CCOCC1. The maximum absolute atomic E-state index is 12.4. The second kappa shape index (κ2) is 5.91. The molecule has 2 heterocycles. The number of phenols is 1. The molecule has 2 N–H and O–H groups in total. The van der Waals surface area contributed by atoms with Crippen LogP contribution in [0, 0.1) is 0 Å². The number of phenolic OH excluding ortho intramolecular Hbond substituents is 1. The summed E-state index contributed by atoms with van der Waals surface area (Å²) in [5.74, 6) is 0.955. The fraction of sp³-hybridized carbons (Fsp3) is 0.533. The number of hydrogen-bond donors (Lipinski definition) is 2. The molecule has 0 spiro atoms. The normalized spacial score (nSPS) is 22.5. The van der Waals surface area contributed by atoms with Crippen LogP contribution in [0.3, 0.4) is 0 Å². The van der Waals surface area contributed by atoms with Crippen molar-refractivity contribution in [2.75, 3.05) is 32.9 Å². The average molecular weight is 292 g/mol. The summed E-state index contributed by atoms with van der Waals surface area (Å²) in [6, 6.07) is 4.76. The molecule has 6 nitrogen and oxygen atoms in total. The van der Waals surface area contributed by atoms with Crippen LogP contribution < -0.4 is 10.1 Å². The molecule has 1 saturated heterocycles. The molecular weight excluding hydrogens is 272 g/mol. The summed E-state index contributed by atoms with van der Waals surface area (Å²) >= 11 is 0. The molecule has 1 aromatic rings. The van der Waals surface area contributed by atoms with Gasteiger partial charge in [-0.1, -0.05) is 0 Å². The molecule has 1 aromatic carbocycles. The highest BCUT2D eigenvalue weighted by molar-refractivity contribution is 5.81. The fourth-order valence-electron chi connectivity index (χ4n) is 2.77. The van der Waals surface area contributed by atoms with Gasteiger partial charge in [-0.05, 0) is 19.1 Å². The van der Waals surface area contributed by atoms with Crippen LogP contribution in [0.1, 0.15) is 18.5 Å². The number of benzene rings is 1. The van der Waals surface area contributed by atoms with Gasteiger partial charge in [0.2, 0.25) is 5.91 Å². The van der Waals surface area contributed by atoms with Crippen LogP contribution in [0.4, 0.5) is 0 Å². The van der Waals surface area contributed by atoms with E-state index in [2.05, 4.69) is 5.32 Å². The van der Waals surface area contributed by atoms with Gasteiger partial charge < -0.3 is 19.5 Å². The molecule has 0 bridgehead atoms. The quantitative estimate of drug-likeness (QED) is 0.856. The number of rotatable bonds is 3. The van der Waals surface area contributed by atoms with Gasteiger partial charge in [0.25, 0.3) is 0 Å². The Kier molecular flexibility index (Phi) is 3.98. The van der Waals surface area contributed by atoms with E-state index in [0.717, 1.165) is 5.56 Å². The first-order chi connectivity index (χ1) is 10.1. The third-order valence-corrected chi connectivity index (χ3v) is 3.92. The third kappa shape index (κ3) is 2.96. The average Bonchev–Trinajstić information content (AvgIpc) is 2.89. The number of nitrogens with one attached hydrogen (secondary N) is 1. The molecule has 21 heavy (non-hydrogen) atoms. The molecule has 0 aliphatic carbocycles. The van der Waals surface area contributed by atoms with Gasteiger partial charge in [0.15, 0.2) is 0 Å². The molecule has 2 aliphatic rings. The highest BCUT2D eigenvalue weighted by Crippen LogP contribution is 2.35. The van der Waals surface area contributed by atoms with Gasteiger partial charge in [0.05, 0.1) is 25.3 Å². The predicted molar refractivity (Wildman–Crippen MR) is 76.3 cm³/mol.